The number of rotatable bonds is 5. The monoisotopic (exact) mass is 358 g/mol. The van der Waals surface area contributed by atoms with Crippen LogP contribution in [0.5, 0.6) is 0 Å². The highest BCUT2D eigenvalue weighted by Crippen LogP contribution is 2.21. The van der Waals surface area contributed by atoms with Crippen LogP contribution in [0.15, 0.2) is 29.2 Å². The number of hydrogen-bond donors (Lipinski definition) is 2. The third-order valence-corrected chi connectivity index (χ3v) is 4.79. The Labute approximate surface area is 147 Å². The molecular weight excluding hydrogens is 336 g/mol. The minimum Gasteiger partial charge on any atom is -0.481 e. The van der Waals surface area contributed by atoms with Gasteiger partial charge in [0.25, 0.3) is 0 Å². The van der Waals surface area contributed by atoms with E-state index in [1.54, 1.807) is 11.8 Å². The number of nitrogens with one attached hydrogen (secondary N) is 1. The smallest absolute Gasteiger partial charge is 0.307 e. The zero-order chi connectivity index (χ0) is 16.1. The van der Waals surface area contributed by atoms with Gasteiger partial charge in [0, 0.05) is 17.1 Å². The van der Waals surface area contributed by atoms with Crippen LogP contribution in [0.1, 0.15) is 19.8 Å². The molecule has 2 atom stereocenters. The number of carbonyl (C=O) groups excluding carboxylic acids is 1. The first-order valence-corrected chi connectivity index (χ1v) is 8.65. The Kier molecular flexibility index (Phi) is 7.88. The topological polar surface area (TPSA) is 69.6 Å². The fourth-order valence-electron chi connectivity index (χ4n) is 2.67. The van der Waals surface area contributed by atoms with E-state index in [-0.39, 0.29) is 30.3 Å². The Morgan fingerprint density at radius 3 is 2.83 bits per heavy atom. The molecule has 2 rings (SSSR count). The van der Waals surface area contributed by atoms with E-state index in [2.05, 4.69) is 5.32 Å². The average Bonchev–Trinajstić information content (AvgIpc) is 2.54. The maximum absolute atomic E-state index is 12.4. The summed E-state index contributed by atoms with van der Waals surface area (Å²) in [6, 6.07) is 7.37. The van der Waals surface area contributed by atoms with Gasteiger partial charge < -0.3 is 10.4 Å². The predicted octanol–water partition coefficient (Wildman–Crippen LogP) is 2.95. The van der Waals surface area contributed by atoms with E-state index in [0.717, 1.165) is 23.5 Å². The standard InChI is InChI=1S/C16H22N2O3S.ClH/c1-11(18-8-4-5-12(10-18)16(20)21)15(19)17-13-6-3-7-14(9-13)22-2;/h3,6-7,9,11-12H,4-5,8,10H2,1-2H3,(H,17,19)(H,20,21);1H. The summed E-state index contributed by atoms with van der Waals surface area (Å²) in [6.07, 6.45) is 3.50. The summed E-state index contributed by atoms with van der Waals surface area (Å²) in [5.41, 5.74) is 0.774. The molecule has 128 valence electrons. The van der Waals surface area contributed by atoms with Crippen molar-refractivity contribution < 1.29 is 14.7 Å². The third-order valence-electron chi connectivity index (χ3n) is 4.07. The lowest BCUT2D eigenvalue weighted by Gasteiger charge is -2.34. The number of anilines is 1. The molecule has 1 saturated heterocycles. The number of carbonyl (C=O) groups is 2. The summed E-state index contributed by atoms with van der Waals surface area (Å²) < 4.78 is 0. The average molecular weight is 359 g/mol. The number of benzene rings is 1. The number of amides is 1. The molecule has 0 bridgehead atoms. The van der Waals surface area contributed by atoms with Crippen LogP contribution >= 0.6 is 24.2 Å². The van der Waals surface area contributed by atoms with E-state index >= 15 is 0 Å². The molecule has 0 radical (unpaired) electrons. The van der Waals surface area contributed by atoms with E-state index in [0.29, 0.717) is 13.0 Å². The zero-order valence-electron chi connectivity index (χ0n) is 13.3. The molecule has 0 saturated carbocycles. The zero-order valence-corrected chi connectivity index (χ0v) is 15.0. The van der Waals surface area contributed by atoms with Crippen LogP contribution < -0.4 is 5.32 Å². The highest BCUT2D eigenvalue weighted by Gasteiger charge is 2.30. The molecule has 1 aromatic carbocycles. The van der Waals surface area contributed by atoms with Crippen molar-refractivity contribution in [1.29, 1.82) is 0 Å². The molecule has 1 heterocycles. The fraction of sp³-hybridized carbons (Fsp3) is 0.500. The number of hydrogen-bond acceptors (Lipinski definition) is 4. The fourth-order valence-corrected chi connectivity index (χ4v) is 3.13. The lowest BCUT2D eigenvalue weighted by Crippen LogP contribution is -2.48. The van der Waals surface area contributed by atoms with Gasteiger partial charge in [-0.3, -0.25) is 14.5 Å². The van der Waals surface area contributed by atoms with Crippen molar-refractivity contribution in [1.82, 2.24) is 4.90 Å². The molecule has 1 fully saturated rings. The number of piperidine rings is 1. The summed E-state index contributed by atoms with van der Waals surface area (Å²) >= 11 is 1.62. The number of aliphatic carboxylic acids is 1. The maximum Gasteiger partial charge on any atom is 0.307 e. The van der Waals surface area contributed by atoms with Gasteiger partial charge in [0.2, 0.25) is 5.91 Å². The second-order valence-corrected chi connectivity index (χ2v) is 6.45. The number of carboxylic acid groups (broad SMARTS) is 1. The van der Waals surface area contributed by atoms with Gasteiger partial charge in [-0.2, -0.15) is 0 Å². The SMILES string of the molecule is CSc1cccc(NC(=O)C(C)N2CCCC(C(=O)O)C2)c1.Cl. The van der Waals surface area contributed by atoms with E-state index in [1.165, 1.54) is 0 Å². The van der Waals surface area contributed by atoms with Gasteiger partial charge in [-0.15, -0.1) is 24.2 Å². The van der Waals surface area contributed by atoms with Crippen LogP contribution in [0.25, 0.3) is 0 Å². The quantitative estimate of drug-likeness (QED) is 0.792. The molecule has 1 amide bonds. The van der Waals surface area contributed by atoms with Crippen LogP contribution in [0.3, 0.4) is 0 Å². The number of thioether (sulfide) groups is 1. The van der Waals surface area contributed by atoms with Gasteiger partial charge in [0.05, 0.1) is 12.0 Å². The van der Waals surface area contributed by atoms with Crippen LogP contribution in [0, 0.1) is 5.92 Å². The van der Waals surface area contributed by atoms with Gasteiger partial charge >= 0.3 is 5.97 Å². The molecule has 1 aliphatic rings. The van der Waals surface area contributed by atoms with Crippen molar-refractivity contribution in [2.75, 3.05) is 24.7 Å². The van der Waals surface area contributed by atoms with Gasteiger partial charge in [0.1, 0.15) is 0 Å². The van der Waals surface area contributed by atoms with Crippen molar-refractivity contribution in [2.24, 2.45) is 5.92 Å². The molecule has 1 aromatic rings. The minimum atomic E-state index is -0.773. The first-order chi connectivity index (χ1) is 10.5. The third kappa shape index (κ3) is 5.41. The van der Waals surface area contributed by atoms with Crippen LogP contribution in [0.4, 0.5) is 5.69 Å². The molecule has 23 heavy (non-hydrogen) atoms. The second kappa shape index (κ2) is 9.15. The first kappa shape index (κ1) is 19.8. The Balaban J connectivity index is 0.00000264. The Morgan fingerprint density at radius 1 is 1.43 bits per heavy atom. The number of nitrogens with zero attached hydrogens (tertiary/aromatic N) is 1. The maximum atomic E-state index is 12.4. The molecule has 0 aromatic heterocycles. The summed E-state index contributed by atoms with van der Waals surface area (Å²) in [5, 5.41) is 12.1. The molecule has 0 spiro atoms. The van der Waals surface area contributed by atoms with E-state index in [4.69, 9.17) is 5.11 Å². The Bertz CT molecular complexity index is 556. The first-order valence-electron chi connectivity index (χ1n) is 7.43. The van der Waals surface area contributed by atoms with Crippen molar-refractivity contribution in [3.05, 3.63) is 24.3 Å². The lowest BCUT2D eigenvalue weighted by molar-refractivity contribution is -0.144. The Morgan fingerprint density at radius 2 is 2.17 bits per heavy atom. The number of carboxylic acids is 1. The van der Waals surface area contributed by atoms with Crippen molar-refractivity contribution >= 4 is 41.7 Å². The van der Waals surface area contributed by atoms with E-state index in [9.17, 15) is 9.59 Å². The van der Waals surface area contributed by atoms with Gasteiger partial charge in [-0.25, -0.2) is 0 Å². The van der Waals surface area contributed by atoms with Crippen molar-refractivity contribution in [2.45, 2.75) is 30.7 Å². The second-order valence-electron chi connectivity index (χ2n) is 5.57. The van der Waals surface area contributed by atoms with E-state index < -0.39 is 5.97 Å². The molecule has 0 aliphatic carbocycles. The summed E-state index contributed by atoms with van der Waals surface area (Å²) in [6.45, 7) is 3.04. The van der Waals surface area contributed by atoms with Crippen molar-refractivity contribution in [3.8, 4) is 0 Å². The molecule has 1 aliphatic heterocycles. The summed E-state index contributed by atoms with van der Waals surface area (Å²) in [5.74, 6) is -1.24. The lowest BCUT2D eigenvalue weighted by atomic mass is 9.97. The van der Waals surface area contributed by atoms with Crippen LogP contribution in [-0.4, -0.2) is 47.3 Å². The predicted molar refractivity (Wildman–Crippen MR) is 95.5 cm³/mol. The highest BCUT2D eigenvalue weighted by molar-refractivity contribution is 7.98. The van der Waals surface area contributed by atoms with E-state index in [1.807, 2.05) is 42.3 Å². The van der Waals surface area contributed by atoms with Gasteiger partial charge in [-0.1, -0.05) is 6.07 Å². The number of likely N-dealkylation sites (tertiary alicyclic amines) is 1. The molecule has 2 N–H and O–H groups in total. The summed E-state index contributed by atoms with van der Waals surface area (Å²) in [4.78, 5) is 26.6. The van der Waals surface area contributed by atoms with Crippen LogP contribution in [-0.2, 0) is 9.59 Å². The highest BCUT2D eigenvalue weighted by atomic mass is 35.5. The minimum absolute atomic E-state index is 0. The molecule has 2 unspecified atom stereocenters. The number of halogens is 1. The molecular formula is C16H23ClN2O3S. The Hall–Kier alpha value is -1.24. The van der Waals surface area contributed by atoms with Crippen molar-refractivity contribution in [3.63, 3.8) is 0 Å². The van der Waals surface area contributed by atoms with Gasteiger partial charge in [-0.05, 0) is 50.8 Å². The molecule has 7 heteroatoms. The largest absolute Gasteiger partial charge is 0.481 e. The molecule has 5 nitrogen and oxygen atoms in total. The van der Waals surface area contributed by atoms with Gasteiger partial charge in [0.15, 0.2) is 0 Å². The normalized spacial score (nSPS) is 19.5. The summed E-state index contributed by atoms with van der Waals surface area (Å²) in [7, 11) is 0. The van der Waals surface area contributed by atoms with Crippen LogP contribution in [0.2, 0.25) is 0 Å².